The number of thiazole rings is 1. The fraction of sp³-hybridized carbons (Fsp3) is 0.385. The third-order valence-corrected chi connectivity index (χ3v) is 7.16. The van der Waals surface area contributed by atoms with Crippen molar-refractivity contribution in [2.24, 2.45) is 0 Å². The minimum atomic E-state index is -0.226. The Bertz CT molecular complexity index is 1180. The van der Waals surface area contributed by atoms with Crippen LogP contribution in [0.2, 0.25) is 0 Å². The summed E-state index contributed by atoms with van der Waals surface area (Å²) < 4.78 is 10.6. The second kappa shape index (κ2) is 11.3. The van der Waals surface area contributed by atoms with Crippen LogP contribution in [0.25, 0.3) is 0 Å². The maximum absolute atomic E-state index is 12.6. The van der Waals surface area contributed by atoms with E-state index in [0.29, 0.717) is 42.4 Å². The maximum Gasteiger partial charge on any atom is 0.271 e. The molecule has 9 heteroatoms. The number of rotatable bonds is 9. The number of carbonyl (C=O) groups excluding carboxylic acids is 3. The number of benzene rings is 1. The third-order valence-electron chi connectivity index (χ3n) is 6.15. The average Bonchev–Trinajstić information content (AvgIpc) is 3.55. The normalized spacial score (nSPS) is 14.1. The zero-order valence-electron chi connectivity index (χ0n) is 19.9. The van der Waals surface area contributed by atoms with Gasteiger partial charge in [0, 0.05) is 42.8 Å². The van der Waals surface area contributed by atoms with E-state index in [0.717, 1.165) is 23.6 Å². The summed E-state index contributed by atoms with van der Waals surface area (Å²) in [5.41, 5.74) is 0.990. The molecular formula is C26H29N3O5S. The molecule has 3 heterocycles. The van der Waals surface area contributed by atoms with E-state index in [2.05, 4.69) is 10.3 Å². The highest BCUT2D eigenvalue weighted by Gasteiger charge is 2.26. The fourth-order valence-electron chi connectivity index (χ4n) is 4.09. The van der Waals surface area contributed by atoms with Crippen LogP contribution in [0, 0.1) is 6.92 Å². The lowest BCUT2D eigenvalue weighted by Gasteiger charge is -2.31. The van der Waals surface area contributed by atoms with Crippen LogP contribution in [0.4, 0.5) is 0 Å². The molecule has 1 saturated heterocycles. The Kier molecular flexibility index (Phi) is 7.97. The molecule has 0 aliphatic carbocycles. The first-order chi connectivity index (χ1) is 16.9. The molecule has 0 saturated carbocycles. The fourth-order valence-corrected chi connectivity index (χ4v) is 5.06. The summed E-state index contributed by atoms with van der Waals surface area (Å²) in [5.74, 6) is 2.14. The summed E-state index contributed by atoms with van der Waals surface area (Å²) >= 11 is 1.48. The van der Waals surface area contributed by atoms with Crippen LogP contribution < -0.4 is 10.1 Å². The molecule has 1 aromatic carbocycles. The molecular weight excluding hydrogens is 466 g/mol. The van der Waals surface area contributed by atoms with Gasteiger partial charge in [0.15, 0.2) is 5.78 Å². The smallest absolute Gasteiger partial charge is 0.271 e. The Morgan fingerprint density at radius 2 is 1.86 bits per heavy atom. The molecule has 0 bridgehead atoms. The summed E-state index contributed by atoms with van der Waals surface area (Å²) in [6.07, 6.45) is 1.97. The summed E-state index contributed by atoms with van der Waals surface area (Å²) in [7, 11) is 1.58. The average molecular weight is 496 g/mol. The minimum absolute atomic E-state index is 0.00215. The number of amides is 2. The van der Waals surface area contributed by atoms with Gasteiger partial charge in [0.05, 0.1) is 18.7 Å². The predicted octanol–water partition coefficient (Wildman–Crippen LogP) is 4.35. The van der Waals surface area contributed by atoms with E-state index in [-0.39, 0.29) is 36.4 Å². The van der Waals surface area contributed by atoms with Gasteiger partial charge in [0.2, 0.25) is 5.91 Å². The van der Waals surface area contributed by atoms with Gasteiger partial charge < -0.3 is 19.4 Å². The van der Waals surface area contributed by atoms with Crippen LogP contribution in [0.3, 0.4) is 0 Å². The second-order valence-electron chi connectivity index (χ2n) is 8.57. The van der Waals surface area contributed by atoms with Crippen LogP contribution >= 0.6 is 11.3 Å². The van der Waals surface area contributed by atoms with Crippen molar-refractivity contribution in [2.45, 2.75) is 45.1 Å². The molecule has 0 unspecified atom stereocenters. The van der Waals surface area contributed by atoms with Crippen molar-refractivity contribution in [1.29, 1.82) is 0 Å². The number of piperidine rings is 1. The number of aromatic nitrogens is 1. The molecule has 0 spiro atoms. The number of ketones is 1. The quantitative estimate of drug-likeness (QED) is 0.443. The van der Waals surface area contributed by atoms with Crippen molar-refractivity contribution in [3.63, 3.8) is 0 Å². The number of furan rings is 1. The van der Waals surface area contributed by atoms with E-state index in [1.165, 1.54) is 11.3 Å². The summed E-state index contributed by atoms with van der Waals surface area (Å²) in [6, 6.07) is 10.6. The monoisotopic (exact) mass is 495 g/mol. The van der Waals surface area contributed by atoms with E-state index >= 15 is 0 Å². The first-order valence-corrected chi connectivity index (χ1v) is 12.5. The Balaban J connectivity index is 1.21. The van der Waals surface area contributed by atoms with E-state index < -0.39 is 0 Å². The highest BCUT2D eigenvalue weighted by Crippen LogP contribution is 2.30. The molecule has 0 atom stereocenters. The van der Waals surface area contributed by atoms with Gasteiger partial charge in [0.25, 0.3) is 5.91 Å². The van der Waals surface area contributed by atoms with Gasteiger partial charge in [-0.25, -0.2) is 4.98 Å². The Labute approximate surface area is 208 Å². The van der Waals surface area contributed by atoms with E-state index in [9.17, 15) is 14.4 Å². The lowest BCUT2D eigenvalue weighted by molar-refractivity contribution is -0.132. The predicted molar refractivity (Wildman–Crippen MR) is 132 cm³/mol. The molecule has 1 N–H and O–H groups in total. The molecule has 3 aromatic rings. The van der Waals surface area contributed by atoms with Crippen molar-refractivity contribution in [2.75, 3.05) is 20.2 Å². The van der Waals surface area contributed by atoms with Crippen LogP contribution in [-0.4, -0.2) is 47.7 Å². The van der Waals surface area contributed by atoms with Gasteiger partial charge >= 0.3 is 0 Å². The molecule has 1 aliphatic heterocycles. The number of hydrogen-bond donors (Lipinski definition) is 1. The van der Waals surface area contributed by atoms with E-state index in [1.54, 1.807) is 36.8 Å². The Morgan fingerprint density at radius 1 is 1.11 bits per heavy atom. The van der Waals surface area contributed by atoms with E-state index in [1.807, 2.05) is 24.0 Å². The standard InChI is InChI=1S/C26H29N3O5S/c1-17-3-6-21(34-17)15-27-25(32)22-16-35-26(28-22)19-11-13-29(14-12-19)24(31)10-9-23(30)18-4-7-20(33-2)8-5-18/h3-8,16,19H,9-15H2,1-2H3,(H,27,32). The number of nitrogens with one attached hydrogen (secondary N) is 1. The van der Waals surface area contributed by atoms with Crippen LogP contribution in [0.5, 0.6) is 5.75 Å². The Hall–Kier alpha value is -3.46. The number of nitrogens with zero attached hydrogens (tertiary/aromatic N) is 2. The first-order valence-electron chi connectivity index (χ1n) is 11.7. The van der Waals surface area contributed by atoms with Gasteiger partial charge in [-0.15, -0.1) is 11.3 Å². The number of hydrogen-bond acceptors (Lipinski definition) is 7. The van der Waals surface area contributed by atoms with Crippen molar-refractivity contribution >= 4 is 28.9 Å². The van der Waals surface area contributed by atoms with E-state index in [4.69, 9.17) is 9.15 Å². The van der Waals surface area contributed by atoms with Gasteiger partial charge in [-0.3, -0.25) is 14.4 Å². The molecule has 1 fully saturated rings. The van der Waals surface area contributed by atoms with Gasteiger partial charge in [0.1, 0.15) is 23.0 Å². The highest BCUT2D eigenvalue weighted by molar-refractivity contribution is 7.09. The van der Waals surface area contributed by atoms with Crippen LogP contribution in [0.1, 0.15) is 69.0 Å². The Morgan fingerprint density at radius 3 is 2.51 bits per heavy atom. The summed E-state index contributed by atoms with van der Waals surface area (Å²) in [5, 5.41) is 5.53. The molecule has 35 heavy (non-hydrogen) atoms. The van der Waals surface area contributed by atoms with Gasteiger partial charge in [-0.05, 0) is 56.2 Å². The highest BCUT2D eigenvalue weighted by atomic mass is 32.1. The zero-order chi connectivity index (χ0) is 24.8. The third kappa shape index (κ3) is 6.36. The van der Waals surface area contributed by atoms with Crippen molar-refractivity contribution in [3.05, 3.63) is 69.6 Å². The number of ether oxygens (including phenoxy) is 1. The second-order valence-corrected chi connectivity index (χ2v) is 9.46. The number of likely N-dealkylation sites (tertiary alicyclic amines) is 1. The lowest BCUT2D eigenvalue weighted by Crippen LogP contribution is -2.38. The van der Waals surface area contributed by atoms with Crippen LogP contribution in [0.15, 0.2) is 46.2 Å². The van der Waals surface area contributed by atoms with Gasteiger partial charge in [-0.2, -0.15) is 0 Å². The first kappa shape index (κ1) is 24.7. The van der Waals surface area contributed by atoms with Crippen molar-refractivity contribution < 1.29 is 23.5 Å². The number of methoxy groups -OCH3 is 1. The van der Waals surface area contributed by atoms with Crippen molar-refractivity contribution in [1.82, 2.24) is 15.2 Å². The molecule has 0 radical (unpaired) electrons. The SMILES string of the molecule is COc1ccc(C(=O)CCC(=O)N2CCC(c3nc(C(=O)NCc4ccc(C)o4)cs3)CC2)cc1. The minimum Gasteiger partial charge on any atom is -0.497 e. The zero-order valence-corrected chi connectivity index (χ0v) is 20.7. The maximum atomic E-state index is 12.6. The molecule has 4 rings (SSSR count). The summed E-state index contributed by atoms with van der Waals surface area (Å²) in [6.45, 7) is 3.43. The molecule has 184 valence electrons. The number of Topliss-reactive ketones (excluding diaryl/α,β-unsaturated/α-hetero) is 1. The largest absolute Gasteiger partial charge is 0.497 e. The van der Waals surface area contributed by atoms with Crippen LogP contribution in [-0.2, 0) is 11.3 Å². The number of carbonyl (C=O) groups is 3. The van der Waals surface area contributed by atoms with Gasteiger partial charge in [-0.1, -0.05) is 0 Å². The molecule has 2 amide bonds. The molecule has 2 aromatic heterocycles. The van der Waals surface area contributed by atoms with Crippen molar-refractivity contribution in [3.8, 4) is 5.75 Å². The lowest BCUT2D eigenvalue weighted by atomic mass is 9.97. The number of aryl methyl sites for hydroxylation is 1. The molecule has 1 aliphatic rings. The molecule has 8 nitrogen and oxygen atoms in total. The topological polar surface area (TPSA) is 102 Å². The summed E-state index contributed by atoms with van der Waals surface area (Å²) in [4.78, 5) is 43.8.